The van der Waals surface area contributed by atoms with Gasteiger partial charge in [0.15, 0.2) is 0 Å². The van der Waals surface area contributed by atoms with Crippen LogP contribution in [0.1, 0.15) is 50.5 Å². The summed E-state index contributed by atoms with van der Waals surface area (Å²) in [7, 11) is 0. The molecule has 2 N–H and O–H groups in total. The standard InChI is InChI=1S/C15H24N4O/c1-11(15(20)19-13-6-4-3-5-7-13)17-10-14-8-9-16-12(2)18-14/h8-9,11,13,17H,3-7,10H2,1-2H3,(H,19,20). The summed E-state index contributed by atoms with van der Waals surface area (Å²) in [6.07, 6.45) is 7.73. The molecule has 0 radical (unpaired) electrons. The first kappa shape index (κ1) is 14.9. The Kier molecular flexibility index (Phi) is 5.47. The van der Waals surface area contributed by atoms with Crippen molar-refractivity contribution in [3.05, 3.63) is 23.8 Å². The molecule has 20 heavy (non-hydrogen) atoms. The van der Waals surface area contributed by atoms with Crippen LogP contribution in [0.5, 0.6) is 0 Å². The van der Waals surface area contributed by atoms with Gasteiger partial charge in [0.05, 0.1) is 11.7 Å². The van der Waals surface area contributed by atoms with Crippen LogP contribution in [0.3, 0.4) is 0 Å². The van der Waals surface area contributed by atoms with Gasteiger partial charge in [-0.3, -0.25) is 4.79 Å². The van der Waals surface area contributed by atoms with Crippen molar-refractivity contribution >= 4 is 5.91 Å². The van der Waals surface area contributed by atoms with Crippen molar-refractivity contribution < 1.29 is 4.79 Å². The molecule has 0 saturated heterocycles. The zero-order valence-corrected chi connectivity index (χ0v) is 12.4. The number of hydrogen-bond acceptors (Lipinski definition) is 4. The van der Waals surface area contributed by atoms with Gasteiger partial charge in [-0.1, -0.05) is 19.3 Å². The molecule has 1 aliphatic carbocycles. The summed E-state index contributed by atoms with van der Waals surface area (Å²) in [5.74, 6) is 0.839. The van der Waals surface area contributed by atoms with Gasteiger partial charge < -0.3 is 10.6 Å². The smallest absolute Gasteiger partial charge is 0.237 e. The van der Waals surface area contributed by atoms with Crippen LogP contribution in [0.2, 0.25) is 0 Å². The molecule has 1 aromatic rings. The van der Waals surface area contributed by atoms with Crippen LogP contribution in [0.15, 0.2) is 12.3 Å². The Hall–Kier alpha value is -1.49. The molecule has 1 fully saturated rings. The summed E-state index contributed by atoms with van der Waals surface area (Å²) < 4.78 is 0. The van der Waals surface area contributed by atoms with E-state index in [4.69, 9.17) is 0 Å². The highest BCUT2D eigenvalue weighted by Crippen LogP contribution is 2.17. The Balaban J connectivity index is 1.76. The molecule has 0 aliphatic heterocycles. The third-order valence-electron chi connectivity index (χ3n) is 3.77. The van der Waals surface area contributed by atoms with E-state index in [1.807, 2.05) is 19.9 Å². The van der Waals surface area contributed by atoms with Crippen LogP contribution >= 0.6 is 0 Å². The van der Waals surface area contributed by atoms with Crippen LogP contribution in [-0.4, -0.2) is 28.0 Å². The number of nitrogens with one attached hydrogen (secondary N) is 2. The topological polar surface area (TPSA) is 66.9 Å². The molecule has 1 unspecified atom stereocenters. The predicted octanol–water partition coefficient (Wildman–Crippen LogP) is 1.71. The lowest BCUT2D eigenvalue weighted by Gasteiger charge is -2.24. The molecule has 1 heterocycles. The average molecular weight is 276 g/mol. The molecule has 0 spiro atoms. The van der Waals surface area contributed by atoms with Gasteiger partial charge in [-0.25, -0.2) is 9.97 Å². The van der Waals surface area contributed by atoms with Gasteiger partial charge in [0.1, 0.15) is 5.82 Å². The van der Waals surface area contributed by atoms with E-state index < -0.39 is 0 Å². The molecule has 1 aliphatic rings. The highest BCUT2D eigenvalue weighted by molar-refractivity contribution is 5.81. The number of nitrogens with zero attached hydrogens (tertiary/aromatic N) is 2. The van der Waals surface area contributed by atoms with E-state index in [1.165, 1.54) is 19.3 Å². The van der Waals surface area contributed by atoms with E-state index in [-0.39, 0.29) is 11.9 Å². The van der Waals surface area contributed by atoms with Gasteiger partial charge in [-0.05, 0) is 32.8 Å². The first-order valence-electron chi connectivity index (χ1n) is 7.47. The zero-order chi connectivity index (χ0) is 14.4. The minimum Gasteiger partial charge on any atom is -0.352 e. The number of rotatable bonds is 5. The molecule has 1 atom stereocenters. The highest BCUT2D eigenvalue weighted by atomic mass is 16.2. The van der Waals surface area contributed by atoms with Gasteiger partial charge >= 0.3 is 0 Å². The second-order valence-corrected chi connectivity index (χ2v) is 5.54. The average Bonchev–Trinajstić information content (AvgIpc) is 2.46. The number of carbonyl (C=O) groups excluding carboxylic acids is 1. The maximum atomic E-state index is 12.1. The van der Waals surface area contributed by atoms with Crippen LogP contribution in [0.4, 0.5) is 0 Å². The molecule has 110 valence electrons. The maximum Gasteiger partial charge on any atom is 0.237 e. The van der Waals surface area contributed by atoms with Crippen LogP contribution in [-0.2, 0) is 11.3 Å². The van der Waals surface area contributed by atoms with Gasteiger partial charge in [0.2, 0.25) is 5.91 Å². The molecular formula is C15H24N4O. The summed E-state index contributed by atoms with van der Waals surface area (Å²) in [6.45, 7) is 4.34. The lowest BCUT2D eigenvalue weighted by atomic mass is 9.95. The minimum atomic E-state index is -0.202. The Morgan fingerprint density at radius 2 is 2.15 bits per heavy atom. The fourth-order valence-corrected chi connectivity index (χ4v) is 2.53. The lowest BCUT2D eigenvalue weighted by molar-refractivity contribution is -0.123. The normalized spacial score (nSPS) is 17.7. The van der Waals surface area contributed by atoms with Gasteiger partial charge in [-0.2, -0.15) is 0 Å². The van der Waals surface area contributed by atoms with E-state index in [1.54, 1.807) is 6.20 Å². The minimum absolute atomic E-state index is 0.0858. The highest BCUT2D eigenvalue weighted by Gasteiger charge is 2.19. The molecule has 5 heteroatoms. The van der Waals surface area contributed by atoms with Crippen molar-refractivity contribution in [1.82, 2.24) is 20.6 Å². The molecule has 0 aromatic carbocycles. The Labute approximate surface area is 120 Å². The summed E-state index contributed by atoms with van der Waals surface area (Å²) in [5, 5.41) is 6.35. The number of aryl methyl sites for hydroxylation is 1. The van der Waals surface area contributed by atoms with E-state index in [2.05, 4.69) is 20.6 Å². The molecule has 1 amide bonds. The molecule has 2 rings (SSSR count). The van der Waals surface area contributed by atoms with Crippen LogP contribution < -0.4 is 10.6 Å². The van der Waals surface area contributed by atoms with E-state index in [0.717, 1.165) is 24.4 Å². The van der Waals surface area contributed by atoms with Crippen molar-refractivity contribution in [3.63, 3.8) is 0 Å². The first-order chi connectivity index (χ1) is 9.65. The third kappa shape index (κ3) is 4.56. The van der Waals surface area contributed by atoms with E-state index in [9.17, 15) is 4.79 Å². The fourth-order valence-electron chi connectivity index (χ4n) is 2.53. The number of aromatic nitrogens is 2. The SMILES string of the molecule is Cc1nccc(CNC(C)C(=O)NC2CCCCC2)n1. The van der Waals surface area contributed by atoms with Crippen molar-refractivity contribution in [2.75, 3.05) is 0 Å². The monoisotopic (exact) mass is 276 g/mol. The van der Waals surface area contributed by atoms with E-state index in [0.29, 0.717) is 12.6 Å². The molecule has 1 saturated carbocycles. The van der Waals surface area contributed by atoms with E-state index >= 15 is 0 Å². The summed E-state index contributed by atoms with van der Waals surface area (Å²) in [6, 6.07) is 2.03. The first-order valence-corrected chi connectivity index (χ1v) is 7.47. The second-order valence-electron chi connectivity index (χ2n) is 5.54. The van der Waals surface area contributed by atoms with Gasteiger partial charge in [0, 0.05) is 18.8 Å². The van der Waals surface area contributed by atoms with Crippen molar-refractivity contribution in [2.24, 2.45) is 0 Å². The predicted molar refractivity (Wildman–Crippen MR) is 78.1 cm³/mol. The second kappa shape index (κ2) is 7.33. The van der Waals surface area contributed by atoms with Crippen molar-refractivity contribution in [1.29, 1.82) is 0 Å². The molecule has 5 nitrogen and oxygen atoms in total. The van der Waals surface area contributed by atoms with Crippen LogP contribution in [0, 0.1) is 6.92 Å². The number of hydrogen-bond donors (Lipinski definition) is 2. The maximum absolute atomic E-state index is 12.1. The number of carbonyl (C=O) groups is 1. The van der Waals surface area contributed by atoms with Gasteiger partial charge in [-0.15, -0.1) is 0 Å². The summed E-state index contributed by atoms with van der Waals surface area (Å²) in [4.78, 5) is 20.5. The molecular weight excluding hydrogens is 252 g/mol. The zero-order valence-electron chi connectivity index (χ0n) is 12.4. The van der Waals surface area contributed by atoms with Crippen molar-refractivity contribution in [3.8, 4) is 0 Å². The fraction of sp³-hybridized carbons (Fsp3) is 0.667. The summed E-state index contributed by atoms with van der Waals surface area (Å²) >= 11 is 0. The van der Waals surface area contributed by atoms with Crippen LogP contribution in [0.25, 0.3) is 0 Å². The number of amides is 1. The van der Waals surface area contributed by atoms with Gasteiger partial charge in [0.25, 0.3) is 0 Å². The molecule has 0 bridgehead atoms. The third-order valence-corrected chi connectivity index (χ3v) is 3.77. The summed E-state index contributed by atoms with van der Waals surface area (Å²) in [5.41, 5.74) is 0.912. The molecule has 1 aromatic heterocycles. The van der Waals surface area contributed by atoms with Crippen molar-refractivity contribution in [2.45, 2.75) is 64.6 Å². The quantitative estimate of drug-likeness (QED) is 0.859. The largest absolute Gasteiger partial charge is 0.352 e. The Morgan fingerprint density at radius 1 is 1.40 bits per heavy atom. The Morgan fingerprint density at radius 3 is 2.85 bits per heavy atom. The Bertz CT molecular complexity index is 443. The lowest BCUT2D eigenvalue weighted by Crippen LogP contribution is -2.46.